The van der Waals surface area contributed by atoms with E-state index in [2.05, 4.69) is 48.7 Å². The Kier molecular flexibility index (Phi) is 9.13. The molecule has 0 amide bonds. The molecule has 2 aliphatic carbocycles. The van der Waals surface area contributed by atoms with Crippen LogP contribution in [0, 0.1) is 5.92 Å². The van der Waals surface area contributed by atoms with E-state index in [0.29, 0.717) is 5.92 Å². The number of rotatable bonds is 5. The van der Waals surface area contributed by atoms with Gasteiger partial charge in [-0.1, -0.05) is 54.5 Å². The molecule has 0 radical (unpaired) electrons. The second kappa shape index (κ2) is 9.08. The van der Waals surface area contributed by atoms with Gasteiger partial charge in [0.25, 0.3) is 0 Å². The Hall–Kier alpha value is 0.0931. The first-order valence-corrected chi connectivity index (χ1v) is 5.76. The first kappa shape index (κ1) is 17.1. The molecule has 0 saturated carbocycles. The van der Waals surface area contributed by atoms with Gasteiger partial charge in [0.1, 0.15) is 0 Å². The molecule has 0 fully saturated rings. The SMILES string of the molecule is CC[N-]CC(C1=CC=CC1)C1=CC=CC1.[Cl-].[Zr+2]. The summed E-state index contributed by atoms with van der Waals surface area (Å²) in [5.74, 6) is 0.551. The van der Waals surface area contributed by atoms with E-state index >= 15 is 0 Å². The van der Waals surface area contributed by atoms with E-state index < -0.39 is 0 Å². The van der Waals surface area contributed by atoms with E-state index in [-0.39, 0.29) is 38.6 Å². The van der Waals surface area contributed by atoms with Crippen molar-refractivity contribution in [3.63, 3.8) is 0 Å². The standard InChI is InChI=1S/C14H18N.ClH.Zr/c1-2-15-11-14(12-7-3-4-8-12)13-9-5-6-10-13;;/h3-7,9,14H,2,8,10-11H2,1H3;1H;/q-1;;+2/p-1. The molecule has 0 spiro atoms. The predicted molar refractivity (Wildman–Crippen MR) is 65.9 cm³/mol. The van der Waals surface area contributed by atoms with Crippen LogP contribution in [0.4, 0.5) is 0 Å². The predicted octanol–water partition coefficient (Wildman–Crippen LogP) is 0.770. The van der Waals surface area contributed by atoms with Gasteiger partial charge >= 0.3 is 26.2 Å². The van der Waals surface area contributed by atoms with Gasteiger partial charge < -0.3 is 17.7 Å². The van der Waals surface area contributed by atoms with Gasteiger partial charge in [-0.05, 0) is 18.8 Å². The second-order valence-corrected chi connectivity index (χ2v) is 4.02. The normalized spacial score (nSPS) is 16.6. The average Bonchev–Trinajstić information content (AvgIpc) is 2.90. The first-order valence-electron chi connectivity index (χ1n) is 5.76. The quantitative estimate of drug-likeness (QED) is 0.708. The second-order valence-electron chi connectivity index (χ2n) is 4.02. The third kappa shape index (κ3) is 4.69. The summed E-state index contributed by atoms with van der Waals surface area (Å²) in [6.45, 7) is 4.00. The van der Waals surface area contributed by atoms with Crippen LogP contribution in [0.25, 0.3) is 5.32 Å². The van der Waals surface area contributed by atoms with Gasteiger partial charge in [-0.15, -0.1) is 6.54 Å². The minimum atomic E-state index is 0. The zero-order valence-corrected chi connectivity index (χ0v) is 13.4. The van der Waals surface area contributed by atoms with Gasteiger partial charge in [-0.3, -0.25) is 0 Å². The van der Waals surface area contributed by atoms with Crippen LogP contribution in [0.3, 0.4) is 0 Å². The Balaban J connectivity index is 0.00000128. The maximum absolute atomic E-state index is 4.52. The van der Waals surface area contributed by atoms with E-state index in [9.17, 15) is 0 Å². The topological polar surface area (TPSA) is 14.1 Å². The summed E-state index contributed by atoms with van der Waals surface area (Å²) in [6.07, 6.45) is 15.5. The maximum Gasteiger partial charge on any atom is 2.00 e. The number of allylic oxidation sites excluding steroid dienone is 6. The largest absolute Gasteiger partial charge is 2.00 e. The van der Waals surface area contributed by atoms with Gasteiger partial charge in [0.15, 0.2) is 0 Å². The molecule has 90 valence electrons. The molecule has 0 heterocycles. The molecule has 0 aromatic carbocycles. The Morgan fingerprint density at radius 1 is 1.12 bits per heavy atom. The minimum absolute atomic E-state index is 0. The number of halogens is 1. The summed E-state index contributed by atoms with van der Waals surface area (Å²) in [5, 5.41) is 4.52. The Morgan fingerprint density at radius 2 is 1.65 bits per heavy atom. The smallest absolute Gasteiger partial charge is 1.00 e. The third-order valence-corrected chi connectivity index (χ3v) is 3.03. The molecule has 0 aliphatic heterocycles. The summed E-state index contributed by atoms with van der Waals surface area (Å²) in [4.78, 5) is 0. The van der Waals surface area contributed by atoms with E-state index in [1.807, 2.05) is 0 Å². The number of nitrogens with zero attached hydrogens (tertiary/aromatic N) is 1. The van der Waals surface area contributed by atoms with E-state index in [0.717, 1.165) is 25.9 Å². The molecule has 0 unspecified atom stereocenters. The molecule has 17 heavy (non-hydrogen) atoms. The van der Waals surface area contributed by atoms with Crippen molar-refractivity contribution in [3.05, 3.63) is 52.9 Å². The molecule has 0 bridgehead atoms. The molecule has 0 N–H and O–H groups in total. The fourth-order valence-electron chi connectivity index (χ4n) is 2.18. The van der Waals surface area contributed by atoms with Crippen LogP contribution < -0.4 is 12.4 Å². The maximum atomic E-state index is 4.52. The molecular formula is C14H18ClNZr. The molecule has 0 atom stereocenters. The van der Waals surface area contributed by atoms with E-state index in [4.69, 9.17) is 0 Å². The molecule has 3 heteroatoms. The summed E-state index contributed by atoms with van der Waals surface area (Å²) in [7, 11) is 0. The summed E-state index contributed by atoms with van der Waals surface area (Å²) < 4.78 is 0. The van der Waals surface area contributed by atoms with E-state index in [1.165, 1.54) is 11.1 Å². The molecular weight excluding hydrogens is 309 g/mol. The molecule has 1 nitrogen and oxygen atoms in total. The van der Waals surface area contributed by atoms with Crippen molar-refractivity contribution >= 4 is 0 Å². The average molecular weight is 327 g/mol. The monoisotopic (exact) mass is 325 g/mol. The van der Waals surface area contributed by atoms with Gasteiger partial charge in [-0.25, -0.2) is 0 Å². The van der Waals surface area contributed by atoms with Gasteiger partial charge in [-0.2, -0.15) is 6.54 Å². The van der Waals surface area contributed by atoms with Crippen molar-refractivity contribution in [2.24, 2.45) is 5.92 Å². The molecule has 2 rings (SSSR count). The van der Waals surface area contributed by atoms with Gasteiger partial charge in [0.05, 0.1) is 0 Å². The molecule has 0 aromatic rings. The van der Waals surface area contributed by atoms with Crippen LogP contribution in [0.2, 0.25) is 0 Å². The zero-order valence-electron chi connectivity index (χ0n) is 10.2. The van der Waals surface area contributed by atoms with Crippen molar-refractivity contribution < 1.29 is 38.6 Å². The molecule has 0 aromatic heterocycles. The van der Waals surface area contributed by atoms with E-state index in [1.54, 1.807) is 0 Å². The third-order valence-electron chi connectivity index (χ3n) is 3.03. The molecule has 0 saturated heterocycles. The summed E-state index contributed by atoms with van der Waals surface area (Å²) >= 11 is 0. The summed E-state index contributed by atoms with van der Waals surface area (Å²) in [5.41, 5.74) is 3.06. The zero-order chi connectivity index (χ0) is 10.5. The number of hydrogen-bond acceptors (Lipinski definition) is 0. The van der Waals surface area contributed by atoms with Crippen molar-refractivity contribution in [1.29, 1.82) is 0 Å². The minimum Gasteiger partial charge on any atom is -1.00 e. The fourth-order valence-corrected chi connectivity index (χ4v) is 2.18. The van der Waals surface area contributed by atoms with Gasteiger partial charge in [0, 0.05) is 0 Å². The van der Waals surface area contributed by atoms with Crippen LogP contribution in [0.1, 0.15) is 19.8 Å². The van der Waals surface area contributed by atoms with Crippen molar-refractivity contribution in [2.45, 2.75) is 19.8 Å². The Bertz CT molecular complexity index is 312. The van der Waals surface area contributed by atoms with Crippen molar-refractivity contribution in [1.82, 2.24) is 0 Å². The van der Waals surface area contributed by atoms with Crippen LogP contribution in [-0.4, -0.2) is 13.1 Å². The number of hydrogen-bond donors (Lipinski definition) is 0. The van der Waals surface area contributed by atoms with Crippen LogP contribution in [0.5, 0.6) is 0 Å². The fraction of sp³-hybridized carbons (Fsp3) is 0.429. The van der Waals surface area contributed by atoms with Gasteiger partial charge in [0.2, 0.25) is 0 Å². The van der Waals surface area contributed by atoms with Crippen LogP contribution in [-0.2, 0) is 26.2 Å². The van der Waals surface area contributed by atoms with Crippen molar-refractivity contribution in [3.8, 4) is 0 Å². The Labute approximate surface area is 130 Å². The molecule has 2 aliphatic rings. The first-order chi connectivity index (χ1) is 7.42. The Morgan fingerprint density at radius 3 is 2.00 bits per heavy atom. The van der Waals surface area contributed by atoms with Crippen molar-refractivity contribution in [2.75, 3.05) is 13.1 Å². The van der Waals surface area contributed by atoms with Crippen LogP contribution >= 0.6 is 0 Å². The summed E-state index contributed by atoms with van der Waals surface area (Å²) in [6, 6.07) is 0. The van der Waals surface area contributed by atoms with Crippen LogP contribution in [0.15, 0.2) is 47.6 Å².